The van der Waals surface area contributed by atoms with Crippen molar-refractivity contribution in [3.8, 4) is 0 Å². The second-order valence-corrected chi connectivity index (χ2v) is 5.96. The highest BCUT2D eigenvalue weighted by Crippen LogP contribution is 2.37. The number of carbonyl (C=O) groups is 2. The van der Waals surface area contributed by atoms with Gasteiger partial charge in [0.05, 0.1) is 0 Å². The smallest absolute Gasteiger partial charge is 0.340 e. The van der Waals surface area contributed by atoms with Crippen molar-refractivity contribution in [3.05, 3.63) is 35.6 Å². The van der Waals surface area contributed by atoms with E-state index in [1.165, 1.54) is 17.0 Å². The number of hydrogen-bond acceptors (Lipinski definition) is 2. The minimum atomic E-state index is -1.22. The molecule has 1 aromatic rings. The van der Waals surface area contributed by atoms with Crippen LogP contribution >= 0.6 is 22.6 Å². The van der Waals surface area contributed by atoms with Gasteiger partial charge >= 0.3 is 5.97 Å². The van der Waals surface area contributed by atoms with Gasteiger partial charge in [0.25, 0.3) is 0 Å². The lowest BCUT2D eigenvalue weighted by Gasteiger charge is -2.29. The molecule has 4 nitrogen and oxygen atoms in total. The molecule has 0 saturated carbocycles. The van der Waals surface area contributed by atoms with Crippen LogP contribution in [0.4, 0.5) is 4.39 Å². The van der Waals surface area contributed by atoms with E-state index in [2.05, 4.69) is 0 Å². The average molecular weight is 363 g/mol. The van der Waals surface area contributed by atoms with Crippen LogP contribution < -0.4 is 0 Å². The van der Waals surface area contributed by atoms with Crippen molar-refractivity contribution in [2.24, 2.45) is 0 Å². The molecule has 0 spiro atoms. The van der Waals surface area contributed by atoms with E-state index in [-0.39, 0.29) is 25.3 Å². The Morgan fingerprint density at radius 3 is 2.89 bits per heavy atom. The Morgan fingerprint density at radius 1 is 1.56 bits per heavy atom. The first kappa shape index (κ1) is 13.3. The molecule has 6 heteroatoms. The van der Waals surface area contributed by atoms with Crippen molar-refractivity contribution >= 4 is 34.5 Å². The molecular formula is C12H11FINO3. The molecule has 2 rings (SSSR count). The second kappa shape index (κ2) is 4.83. The van der Waals surface area contributed by atoms with Crippen molar-refractivity contribution in [2.45, 2.75) is 22.9 Å². The molecule has 18 heavy (non-hydrogen) atoms. The predicted octanol–water partition coefficient (Wildman–Crippen LogP) is 2.16. The molecule has 0 bridgehead atoms. The number of carboxylic acids is 1. The van der Waals surface area contributed by atoms with E-state index in [1.807, 2.05) is 0 Å². The zero-order chi connectivity index (χ0) is 13.3. The van der Waals surface area contributed by atoms with Gasteiger partial charge in [-0.05, 0) is 46.7 Å². The number of halogens is 2. The number of nitrogens with zero attached hydrogens (tertiary/aromatic N) is 1. The Labute approximate surface area is 117 Å². The van der Waals surface area contributed by atoms with Crippen LogP contribution in [-0.4, -0.2) is 25.4 Å². The van der Waals surface area contributed by atoms with Gasteiger partial charge in [0.15, 0.2) is 3.55 Å². The van der Waals surface area contributed by atoms with Gasteiger partial charge in [-0.3, -0.25) is 4.79 Å². The van der Waals surface area contributed by atoms with Crippen LogP contribution in [0.5, 0.6) is 0 Å². The van der Waals surface area contributed by atoms with Gasteiger partial charge in [-0.1, -0.05) is 12.1 Å². The summed E-state index contributed by atoms with van der Waals surface area (Å²) in [6.45, 7) is 0.117. The second-order valence-electron chi connectivity index (χ2n) is 4.17. The van der Waals surface area contributed by atoms with Crippen LogP contribution in [0.25, 0.3) is 0 Å². The van der Waals surface area contributed by atoms with Crippen molar-refractivity contribution in [1.82, 2.24) is 4.90 Å². The third-order valence-electron chi connectivity index (χ3n) is 2.96. The summed E-state index contributed by atoms with van der Waals surface area (Å²) in [5, 5.41) is 9.22. The molecule has 1 amide bonds. The lowest BCUT2D eigenvalue weighted by Crippen LogP contribution is -2.46. The van der Waals surface area contributed by atoms with Crippen LogP contribution in [0.3, 0.4) is 0 Å². The fraction of sp³-hybridized carbons (Fsp3) is 0.333. The van der Waals surface area contributed by atoms with Gasteiger partial charge in [0.2, 0.25) is 5.91 Å². The van der Waals surface area contributed by atoms with Crippen LogP contribution in [0, 0.1) is 5.82 Å². The largest absolute Gasteiger partial charge is 0.479 e. The first-order chi connectivity index (χ1) is 8.43. The van der Waals surface area contributed by atoms with Crippen LogP contribution in [0.15, 0.2) is 24.3 Å². The Kier molecular flexibility index (Phi) is 3.56. The van der Waals surface area contributed by atoms with Gasteiger partial charge in [-0.25, -0.2) is 9.18 Å². The minimum absolute atomic E-state index is 0.117. The number of alkyl halides is 1. The number of benzene rings is 1. The van der Waals surface area contributed by atoms with Gasteiger partial charge in [0, 0.05) is 13.0 Å². The topological polar surface area (TPSA) is 57.6 Å². The molecule has 0 radical (unpaired) electrons. The van der Waals surface area contributed by atoms with E-state index in [9.17, 15) is 19.1 Å². The molecule has 1 saturated heterocycles. The molecule has 1 aromatic carbocycles. The molecule has 96 valence electrons. The van der Waals surface area contributed by atoms with Crippen LogP contribution in [0.1, 0.15) is 18.4 Å². The maximum absolute atomic E-state index is 13.1. The van der Waals surface area contributed by atoms with Crippen molar-refractivity contribution in [3.63, 3.8) is 0 Å². The van der Waals surface area contributed by atoms with Crippen molar-refractivity contribution < 1.29 is 19.1 Å². The SMILES string of the molecule is O=C1CCC(I)(C(=O)O)N1Cc1cccc(F)c1. The van der Waals surface area contributed by atoms with Crippen molar-refractivity contribution in [1.29, 1.82) is 0 Å². The monoisotopic (exact) mass is 363 g/mol. The number of likely N-dealkylation sites (tertiary alicyclic amines) is 1. The summed E-state index contributed by atoms with van der Waals surface area (Å²) in [4.78, 5) is 24.3. The molecule has 1 N–H and O–H groups in total. The van der Waals surface area contributed by atoms with Crippen LogP contribution in [0.2, 0.25) is 0 Å². The number of amides is 1. The molecular weight excluding hydrogens is 352 g/mol. The molecule has 1 unspecified atom stereocenters. The Bertz CT molecular complexity index is 508. The van der Waals surface area contributed by atoms with Gasteiger partial charge in [-0.15, -0.1) is 0 Å². The maximum atomic E-state index is 13.1. The Balaban J connectivity index is 2.26. The van der Waals surface area contributed by atoms with E-state index in [0.29, 0.717) is 5.56 Å². The number of carbonyl (C=O) groups excluding carboxylic acids is 1. The fourth-order valence-corrected chi connectivity index (χ4v) is 2.70. The van der Waals surface area contributed by atoms with Crippen LogP contribution in [-0.2, 0) is 16.1 Å². The van der Waals surface area contributed by atoms with Gasteiger partial charge in [0.1, 0.15) is 5.82 Å². The molecule has 1 heterocycles. The standard InChI is InChI=1S/C12H11FINO3/c13-9-3-1-2-8(6-9)7-15-10(16)4-5-12(15,14)11(17)18/h1-3,6H,4-5,7H2,(H,17,18). The molecule has 0 aliphatic carbocycles. The van der Waals surface area contributed by atoms with E-state index in [0.717, 1.165) is 0 Å². The predicted molar refractivity (Wildman–Crippen MR) is 70.6 cm³/mol. The molecule has 1 atom stereocenters. The number of carboxylic acid groups (broad SMARTS) is 1. The summed E-state index contributed by atoms with van der Waals surface area (Å²) < 4.78 is 11.8. The fourth-order valence-electron chi connectivity index (χ4n) is 1.99. The summed E-state index contributed by atoms with van der Waals surface area (Å²) in [7, 11) is 0. The summed E-state index contributed by atoms with van der Waals surface area (Å²) in [5.41, 5.74) is 0.590. The molecule has 0 aromatic heterocycles. The normalized spacial score (nSPS) is 23.4. The third kappa shape index (κ3) is 2.33. The third-order valence-corrected chi connectivity index (χ3v) is 4.54. The summed E-state index contributed by atoms with van der Waals surface area (Å²) in [6.07, 6.45) is 0.488. The zero-order valence-corrected chi connectivity index (χ0v) is 11.6. The van der Waals surface area contributed by atoms with E-state index >= 15 is 0 Å². The number of hydrogen-bond donors (Lipinski definition) is 1. The lowest BCUT2D eigenvalue weighted by molar-refractivity contribution is -0.147. The lowest BCUT2D eigenvalue weighted by atomic mass is 10.2. The summed E-state index contributed by atoms with van der Waals surface area (Å²) >= 11 is 1.78. The molecule has 1 aliphatic heterocycles. The molecule has 1 fully saturated rings. The number of aliphatic carboxylic acids is 1. The minimum Gasteiger partial charge on any atom is -0.479 e. The van der Waals surface area contributed by atoms with E-state index in [4.69, 9.17) is 0 Å². The Hall–Kier alpha value is -1.18. The average Bonchev–Trinajstić information content (AvgIpc) is 2.59. The maximum Gasteiger partial charge on any atom is 0.340 e. The van der Waals surface area contributed by atoms with Gasteiger partial charge < -0.3 is 10.0 Å². The van der Waals surface area contributed by atoms with E-state index in [1.54, 1.807) is 34.7 Å². The summed E-state index contributed by atoms with van der Waals surface area (Å²) in [6, 6.07) is 5.84. The highest BCUT2D eigenvalue weighted by molar-refractivity contribution is 14.1. The van der Waals surface area contributed by atoms with Gasteiger partial charge in [-0.2, -0.15) is 0 Å². The summed E-state index contributed by atoms with van der Waals surface area (Å²) in [5.74, 6) is -1.64. The first-order valence-corrected chi connectivity index (χ1v) is 6.48. The highest BCUT2D eigenvalue weighted by Gasteiger charge is 2.49. The molecule has 1 aliphatic rings. The van der Waals surface area contributed by atoms with Crippen molar-refractivity contribution in [2.75, 3.05) is 0 Å². The Morgan fingerprint density at radius 2 is 2.28 bits per heavy atom. The number of rotatable bonds is 3. The zero-order valence-electron chi connectivity index (χ0n) is 9.40. The van der Waals surface area contributed by atoms with E-state index < -0.39 is 15.3 Å². The highest BCUT2D eigenvalue weighted by atomic mass is 127. The first-order valence-electron chi connectivity index (χ1n) is 5.41. The quantitative estimate of drug-likeness (QED) is 0.509.